The van der Waals surface area contributed by atoms with E-state index < -0.39 is 11.6 Å². The number of hydrogen-bond donors (Lipinski definition) is 1. The van der Waals surface area contributed by atoms with Crippen molar-refractivity contribution in [3.8, 4) is 5.75 Å². The number of aryl methyl sites for hydroxylation is 1. The summed E-state index contributed by atoms with van der Waals surface area (Å²) < 4.78 is 16.1. The van der Waals surface area contributed by atoms with Crippen LogP contribution in [-0.2, 0) is 16.1 Å². The van der Waals surface area contributed by atoms with Gasteiger partial charge in [0.15, 0.2) is 6.61 Å². The first-order valence-corrected chi connectivity index (χ1v) is 10.6. The van der Waals surface area contributed by atoms with Crippen LogP contribution in [0.2, 0.25) is 0 Å². The normalized spacial score (nSPS) is 10.9. The molecule has 0 aliphatic carbocycles. The molecule has 168 valence electrons. The molecule has 0 saturated heterocycles. The third-order valence-electron chi connectivity index (χ3n) is 5.20. The van der Waals surface area contributed by atoms with Crippen LogP contribution in [0.15, 0.2) is 57.7 Å². The molecule has 3 rings (SSSR count). The van der Waals surface area contributed by atoms with E-state index in [2.05, 4.69) is 5.32 Å². The number of ether oxygens (including phenoxy) is 2. The highest BCUT2D eigenvalue weighted by molar-refractivity contribution is 5.91. The van der Waals surface area contributed by atoms with Crippen molar-refractivity contribution in [1.82, 2.24) is 5.32 Å². The number of rotatable bonds is 9. The van der Waals surface area contributed by atoms with Crippen molar-refractivity contribution in [3.05, 3.63) is 75.6 Å². The predicted molar refractivity (Wildman–Crippen MR) is 121 cm³/mol. The second kappa shape index (κ2) is 10.6. The Bertz CT molecular complexity index is 1150. The quantitative estimate of drug-likeness (QED) is 0.399. The van der Waals surface area contributed by atoms with Crippen LogP contribution in [0.1, 0.15) is 48.2 Å². The van der Waals surface area contributed by atoms with Crippen LogP contribution in [0.3, 0.4) is 0 Å². The summed E-state index contributed by atoms with van der Waals surface area (Å²) >= 11 is 0. The second-order valence-corrected chi connectivity index (χ2v) is 7.55. The largest absolute Gasteiger partial charge is 0.489 e. The lowest BCUT2D eigenvalue weighted by Gasteiger charge is -2.14. The number of hydrogen-bond acceptors (Lipinski definition) is 6. The minimum atomic E-state index is -0.558. The first-order chi connectivity index (χ1) is 15.4. The summed E-state index contributed by atoms with van der Waals surface area (Å²) in [6, 6.07) is 13.7. The van der Waals surface area contributed by atoms with Crippen molar-refractivity contribution in [3.63, 3.8) is 0 Å². The van der Waals surface area contributed by atoms with Crippen molar-refractivity contribution in [2.45, 2.75) is 46.3 Å². The van der Waals surface area contributed by atoms with E-state index in [1.807, 2.05) is 32.9 Å². The van der Waals surface area contributed by atoms with Gasteiger partial charge in [-0.25, -0.2) is 9.59 Å². The molecule has 1 heterocycles. The summed E-state index contributed by atoms with van der Waals surface area (Å²) in [5.74, 6) is -0.297. The van der Waals surface area contributed by atoms with Crippen LogP contribution < -0.4 is 15.7 Å². The maximum Gasteiger partial charge on any atom is 0.338 e. The van der Waals surface area contributed by atoms with Gasteiger partial charge in [0.25, 0.3) is 5.91 Å². The molecule has 0 spiro atoms. The van der Waals surface area contributed by atoms with Crippen molar-refractivity contribution in [1.29, 1.82) is 0 Å². The first-order valence-electron chi connectivity index (χ1n) is 10.6. The van der Waals surface area contributed by atoms with E-state index in [0.717, 1.165) is 29.4 Å². The van der Waals surface area contributed by atoms with Gasteiger partial charge >= 0.3 is 11.6 Å². The zero-order valence-electron chi connectivity index (χ0n) is 18.5. The molecular weight excluding hydrogens is 410 g/mol. The Hall–Kier alpha value is -3.61. The van der Waals surface area contributed by atoms with Crippen LogP contribution in [0.25, 0.3) is 11.0 Å². The maximum atomic E-state index is 12.2. The average Bonchev–Trinajstić information content (AvgIpc) is 2.79. The van der Waals surface area contributed by atoms with Crippen molar-refractivity contribution in [2.75, 3.05) is 6.61 Å². The number of amides is 1. The predicted octanol–water partition coefficient (Wildman–Crippen LogP) is 4.14. The highest BCUT2D eigenvalue weighted by Gasteiger charge is 2.13. The molecule has 2 aromatic carbocycles. The monoisotopic (exact) mass is 437 g/mol. The molecule has 7 nitrogen and oxygen atoms in total. The topological polar surface area (TPSA) is 94.8 Å². The number of nitrogens with one attached hydrogen (secondary N) is 1. The lowest BCUT2D eigenvalue weighted by molar-refractivity contribution is -0.125. The molecule has 32 heavy (non-hydrogen) atoms. The molecule has 0 atom stereocenters. The molecule has 0 aliphatic rings. The second-order valence-electron chi connectivity index (χ2n) is 7.55. The summed E-state index contributed by atoms with van der Waals surface area (Å²) in [7, 11) is 0. The fourth-order valence-electron chi connectivity index (χ4n) is 3.28. The van der Waals surface area contributed by atoms with Crippen molar-refractivity contribution in [2.24, 2.45) is 0 Å². The van der Waals surface area contributed by atoms with Gasteiger partial charge in [-0.15, -0.1) is 0 Å². The average molecular weight is 437 g/mol. The molecule has 7 heteroatoms. The van der Waals surface area contributed by atoms with Gasteiger partial charge in [-0.05, 0) is 55.2 Å². The Balaban J connectivity index is 1.54. The highest BCUT2D eigenvalue weighted by atomic mass is 16.5. The van der Waals surface area contributed by atoms with Crippen LogP contribution in [0.5, 0.6) is 5.75 Å². The van der Waals surface area contributed by atoms with E-state index in [4.69, 9.17) is 13.9 Å². The van der Waals surface area contributed by atoms with Gasteiger partial charge < -0.3 is 19.2 Å². The smallest absolute Gasteiger partial charge is 0.338 e. The molecule has 1 aromatic heterocycles. The Morgan fingerprint density at radius 2 is 1.75 bits per heavy atom. The SMILES string of the molecule is CCC(CC)NC(=O)COC(=O)c1ccc(COc2ccc3c(C)cc(=O)oc3c2)cc1. The lowest BCUT2D eigenvalue weighted by Crippen LogP contribution is -2.36. The molecule has 0 aliphatic heterocycles. The molecular formula is C25H27NO6. The number of carbonyl (C=O) groups excluding carboxylic acids is 2. The van der Waals surface area contributed by atoms with Crippen molar-refractivity contribution >= 4 is 22.8 Å². The van der Waals surface area contributed by atoms with Gasteiger partial charge in [-0.2, -0.15) is 0 Å². The third-order valence-corrected chi connectivity index (χ3v) is 5.20. The van der Waals surface area contributed by atoms with Crippen LogP contribution in [-0.4, -0.2) is 24.5 Å². The summed E-state index contributed by atoms with van der Waals surface area (Å²) in [4.78, 5) is 35.6. The van der Waals surface area contributed by atoms with E-state index >= 15 is 0 Å². The Morgan fingerprint density at radius 1 is 1.03 bits per heavy atom. The van der Waals surface area contributed by atoms with E-state index in [1.165, 1.54) is 6.07 Å². The zero-order chi connectivity index (χ0) is 23.1. The molecule has 0 bridgehead atoms. The summed E-state index contributed by atoms with van der Waals surface area (Å²) in [5, 5.41) is 3.68. The third kappa shape index (κ3) is 5.97. The summed E-state index contributed by atoms with van der Waals surface area (Å²) in [6.07, 6.45) is 1.65. The fraction of sp³-hybridized carbons (Fsp3) is 0.320. The molecule has 1 amide bonds. The number of esters is 1. The van der Waals surface area contributed by atoms with E-state index in [-0.39, 0.29) is 25.2 Å². The summed E-state index contributed by atoms with van der Waals surface area (Å²) in [5.41, 5.74) is 2.12. The Labute approximate surface area is 186 Å². The van der Waals surface area contributed by atoms with E-state index in [0.29, 0.717) is 16.9 Å². The zero-order valence-corrected chi connectivity index (χ0v) is 18.5. The van der Waals surface area contributed by atoms with Crippen LogP contribution >= 0.6 is 0 Å². The van der Waals surface area contributed by atoms with Crippen LogP contribution in [0.4, 0.5) is 0 Å². The molecule has 1 N–H and O–H groups in total. The number of benzene rings is 2. The van der Waals surface area contributed by atoms with Gasteiger partial charge in [0, 0.05) is 23.6 Å². The van der Waals surface area contributed by atoms with Crippen molar-refractivity contribution < 1.29 is 23.5 Å². The molecule has 3 aromatic rings. The van der Waals surface area contributed by atoms with Gasteiger partial charge in [-0.1, -0.05) is 26.0 Å². The number of fused-ring (bicyclic) bond motifs is 1. The summed E-state index contributed by atoms with van der Waals surface area (Å²) in [6.45, 7) is 5.80. The number of carbonyl (C=O) groups is 2. The lowest BCUT2D eigenvalue weighted by atomic mass is 10.1. The minimum Gasteiger partial charge on any atom is -0.489 e. The fourth-order valence-corrected chi connectivity index (χ4v) is 3.28. The van der Waals surface area contributed by atoms with Gasteiger partial charge in [0.2, 0.25) is 0 Å². The van der Waals surface area contributed by atoms with Crippen LogP contribution in [0, 0.1) is 6.92 Å². The van der Waals surface area contributed by atoms with E-state index in [9.17, 15) is 14.4 Å². The molecule has 0 radical (unpaired) electrons. The Kier molecular flexibility index (Phi) is 7.65. The molecule has 0 fully saturated rings. The highest BCUT2D eigenvalue weighted by Crippen LogP contribution is 2.23. The standard InChI is InChI=1S/C25H27NO6/c1-4-19(5-2)26-23(27)15-31-25(29)18-8-6-17(7-9-18)14-30-20-10-11-21-16(3)12-24(28)32-22(21)13-20/h6-13,19H,4-5,14-15H2,1-3H3,(H,26,27). The minimum absolute atomic E-state index is 0.0862. The Morgan fingerprint density at radius 3 is 2.44 bits per heavy atom. The van der Waals surface area contributed by atoms with E-state index in [1.54, 1.807) is 30.3 Å². The van der Waals surface area contributed by atoms with Gasteiger partial charge in [0.1, 0.15) is 17.9 Å². The van der Waals surface area contributed by atoms with Gasteiger partial charge in [-0.3, -0.25) is 4.79 Å². The maximum absolute atomic E-state index is 12.2. The first kappa shape index (κ1) is 23.1. The molecule has 0 unspecified atom stereocenters. The van der Waals surface area contributed by atoms with Gasteiger partial charge in [0.05, 0.1) is 5.56 Å². The molecule has 0 saturated carbocycles.